The fourth-order valence-electron chi connectivity index (χ4n) is 0.985. The van der Waals surface area contributed by atoms with Crippen molar-refractivity contribution in [1.29, 1.82) is 0 Å². The van der Waals surface area contributed by atoms with Crippen LogP contribution in [0, 0.1) is 6.92 Å². The van der Waals surface area contributed by atoms with Gasteiger partial charge in [-0.05, 0) is 12.5 Å². The van der Waals surface area contributed by atoms with Crippen molar-refractivity contribution in [3.05, 3.63) is 35.4 Å². The van der Waals surface area contributed by atoms with Crippen molar-refractivity contribution in [3.63, 3.8) is 0 Å². The summed E-state index contributed by atoms with van der Waals surface area (Å²) in [6.45, 7) is 1.41. The van der Waals surface area contributed by atoms with Crippen LogP contribution in [0.3, 0.4) is 0 Å². The molecule has 0 amide bonds. The first-order chi connectivity index (χ1) is 7.22. The van der Waals surface area contributed by atoms with Crippen molar-refractivity contribution in [1.82, 2.24) is 0 Å². The summed E-state index contributed by atoms with van der Waals surface area (Å²) in [6.07, 6.45) is -4.45. The van der Waals surface area contributed by atoms with Gasteiger partial charge in [-0.3, -0.25) is 0 Å². The van der Waals surface area contributed by atoms with Crippen LogP contribution >= 0.6 is 0 Å². The average Bonchev–Trinajstić information content (AvgIpc) is 2.15. The van der Waals surface area contributed by atoms with Gasteiger partial charge in [0.2, 0.25) is 0 Å². The van der Waals surface area contributed by atoms with Gasteiger partial charge in [-0.2, -0.15) is 17.6 Å². The monoisotopic (exact) mass is 236 g/mol. The lowest BCUT2D eigenvalue weighted by Crippen LogP contribution is -2.40. The minimum Gasteiger partial charge on any atom is -0.311 e. The zero-order valence-electron chi connectivity index (χ0n) is 8.94. The zero-order chi connectivity index (χ0) is 12.4. The Morgan fingerprint density at radius 1 is 1.06 bits per heavy atom. The van der Waals surface area contributed by atoms with Crippen LogP contribution < -0.4 is 0 Å². The normalized spacial score (nSPS) is 12.9. The lowest BCUT2D eigenvalue weighted by molar-refractivity contribution is -0.345. The molecule has 16 heavy (non-hydrogen) atoms. The Bertz CT molecular complexity index is 340. The standard InChI is InChI=1S/C11H12F4O/c1-8-3-5-9(6-4-8)7-16-11(14,15)10(2,12)13/h3-6H,7H2,1-2H3. The molecule has 90 valence electrons. The van der Waals surface area contributed by atoms with Crippen LogP contribution in [-0.2, 0) is 11.3 Å². The van der Waals surface area contributed by atoms with Crippen LogP contribution in [0.25, 0.3) is 0 Å². The van der Waals surface area contributed by atoms with E-state index >= 15 is 0 Å². The molecular formula is C11H12F4O. The first-order valence-electron chi connectivity index (χ1n) is 4.67. The van der Waals surface area contributed by atoms with Crippen molar-refractivity contribution in [2.24, 2.45) is 0 Å². The minimum atomic E-state index is -4.45. The van der Waals surface area contributed by atoms with E-state index in [0.29, 0.717) is 5.56 Å². The first kappa shape index (κ1) is 13.0. The SMILES string of the molecule is Cc1ccc(COC(F)(F)C(C)(F)F)cc1. The number of hydrogen-bond acceptors (Lipinski definition) is 1. The molecule has 1 rings (SSSR count). The maximum Gasteiger partial charge on any atom is 0.419 e. The van der Waals surface area contributed by atoms with E-state index in [1.807, 2.05) is 6.92 Å². The van der Waals surface area contributed by atoms with Crippen molar-refractivity contribution in [2.45, 2.75) is 32.5 Å². The summed E-state index contributed by atoms with van der Waals surface area (Å²) < 4.78 is 54.2. The highest BCUT2D eigenvalue weighted by Gasteiger charge is 2.53. The van der Waals surface area contributed by atoms with E-state index in [0.717, 1.165) is 5.56 Å². The number of halogens is 4. The number of hydrogen-bond donors (Lipinski definition) is 0. The van der Waals surface area contributed by atoms with Gasteiger partial charge in [-0.25, -0.2) is 0 Å². The van der Waals surface area contributed by atoms with Gasteiger partial charge in [-0.15, -0.1) is 0 Å². The Morgan fingerprint density at radius 2 is 1.56 bits per heavy atom. The molecule has 5 heteroatoms. The van der Waals surface area contributed by atoms with Crippen molar-refractivity contribution in [2.75, 3.05) is 0 Å². The van der Waals surface area contributed by atoms with Crippen molar-refractivity contribution in [3.8, 4) is 0 Å². The van der Waals surface area contributed by atoms with Crippen molar-refractivity contribution < 1.29 is 22.3 Å². The number of alkyl halides is 4. The quantitative estimate of drug-likeness (QED) is 0.723. The number of ether oxygens (including phenoxy) is 1. The van der Waals surface area contributed by atoms with E-state index < -0.39 is 18.6 Å². The largest absolute Gasteiger partial charge is 0.419 e. The van der Waals surface area contributed by atoms with Gasteiger partial charge in [0.25, 0.3) is 0 Å². The molecule has 0 heterocycles. The predicted octanol–water partition coefficient (Wildman–Crippen LogP) is 3.76. The summed E-state index contributed by atoms with van der Waals surface area (Å²) in [4.78, 5) is 0. The highest BCUT2D eigenvalue weighted by molar-refractivity contribution is 5.20. The molecule has 0 bridgehead atoms. The summed E-state index contributed by atoms with van der Waals surface area (Å²) in [5.41, 5.74) is 1.38. The van der Waals surface area contributed by atoms with Crippen LogP contribution in [-0.4, -0.2) is 12.0 Å². The highest BCUT2D eigenvalue weighted by atomic mass is 19.3. The Kier molecular flexibility index (Phi) is 3.57. The van der Waals surface area contributed by atoms with E-state index in [2.05, 4.69) is 4.74 Å². The van der Waals surface area contributed by atoms with Gasteiger partial charge >= 0.3 is 12.0 Å². The second-order valence-corrected chi connectivity index (χ2v) is 3.68. The van der Waals surface area contributed by atoms with Gasteiger partial charge in [0.15, 0.2) is 0 Å². The molecule has 0 N–H and O–H groups in total. The Labute approximate surface area is 91.0 Å². The fourth-order valence-corrected chi connectivity index (χ4v) is 0.985. The second kappa shape index (κ2) is 4.41. The molecular weight excluding hydrogens is 224 g/mol. The van der Waals surface area contributed by atoms with E-state index in [-0.39, 0.29) is 6.92 Å². The molecule has 0 aromatic heterocycles. The van der Waals surface area contributed by atoms with Crippen LogP contribution in [0.15, 0.2) is 24.3 Å². The minimum absolute atomic E-state index is 0.127. The molecule has 0 saturated carbocycles. The third-order valence-electron chi connectivity index (χ3n) is 2.05. The van der Waals surface area contributed by atoms with E-state index in [9.17, 15) is 17.6 Å². The topological polar surface area (TPSA) is 9.23 Å². The number of rotatable bonds is 4. The fraction of sp³-hybridized carbons (Fsp3) is 0.455. The van der Waals surface area contributed by atoms with E-state index in [1.165, 1.54) is 0 Å². The number of aryl methyl sites for hydroxylation is 1. The molecule has 0 fully saturated rings. The van der Waals surface area contributed by atoms with Gasteiger partial charge in [0.05, 0.1) is 6.61 Å². The zero-order valence-corrected chi connectivity index (χ0v) is 8.94. The maximum atomic E-state index is 12.7. The third kappa shape index (κ3) is 3.20. The lowest BCUT2D eigenvalue weighted by Gasteiger charge is -2.22. The molecule has 0 aliphatic heterocycles. The molecule has 0 radical (unpaired) electrons. The molecule has 1 nitrogen and oxygen atoms in total. The molecule has 0 atom stereocenters. The Hall–Kier alpha value is -1.10. The van der Waals surface area contributed by atoms with E-state index in [1.54, 1.807) is 24.3 Å². The third-order valence-corrected chi connectivity index (χ3v) is 2.05. The van der Waals surface area contributed by atoms with Gasteiger partial charge in [0, 0.05) is 6.92 Å². The first-order valence-corrected chi connectivity index (χ1v) is 4.67. The van der Waals surface area contributed by atoms with Crippen molar-refractivity contribution >= 4 is 0 Å². The molecule has 0 aliphatic carbocycles. The van der Waals surface area contributed by atoms with Crippen LogP contribution in [0.1, 0.15) is 18.1 Å². The second-order valence-electron chi connectivity index (χ2n) is 3.68. The van der Waals surface area contributed by atoms with Crippen LogP contribution in [0.4, 0.5) is 17.6 Å². The molecule has 0 unspecified atom stereocenters. The molecule has 0 aliphatic rings. The summed E-state index contributed by atoms with van der Waals surface area (Å²) in [5.74, 6) is -4.18. The molecule has 0 saturated heterocycles. The molecule has 0 spiro atoms. The Balaban J connectivity index is 2.61. The van der Waals surface area contributed by atoms with Gasteiger partial charge < -0.3 is 4.74 Å². The maximum absolute atomic E-state index is 12.7. The van der Waals surface area contributed by atoms with Crippen LogP contribution in [0.2, 0.25) is 0 Å². The Morgan fingerprint density at radius 3 is 2.00 bits per heavy atom. The molecule has 1 aromatic rings. The van der Waals surface area contributed by atoms with Gasteiger partial charge in [-0.1, -0.05) is 29.8 Å². The average molecular weight is 236 g/mol. The lowest BCUT2D eigenvalue weighted by atomic mass is 10.2. The number of benzene rings is 1. The highest BCUT2D eigenvalue weighted by Crippen LogP contribution is 2.35. The summed E-state index contributed by atoms with van der Waals surface area (Å²) in [6, 6.07) is 6.50. The predicted molar refractivity (Wildman–Crippen MR) is 51.5 cm³/mol. The smallest absolute Gasteiger partial charge is 0.311 e. The summed E-state index contributed by atoms with van der Waals surface area (Å²) in [7, 11) is 0. The van der Waals surface area contributed by atoms with Crippen LogP contribution in [0.5, 0.6) is 0 Å². The van der Waals surface area contributed by atoms with Gasteiger partial charge in [0.1, 0.15) is 0 Å². The van der Waals surface area contributed by atoms with E-state index in [4.69, 9.17) is 0 Å². The summed E-state index contributed by atoms with van der Waals surface area (Å²) >= 11 is 0. The molecule has 1 aromatic carbocycles. The summed E-state index contributed by atoms with van der Waals surface area (Å²) in [5, 5.41) is 0.